The Bertz CT molecular complexity index is 257. The molecule has 2 heteroatoms. The normalized spacial score (nSPS) is 39.6. The van der Waals surface area contributed by atoms with Gasteiger partial charge in [-0.05, 0) is 43.9 Å². The lowest BCUT2D eigenvalue weighted by molar-refractivity contribution is 0.0189. The van der Waals surface area contributed by atoms with Crippen LogP contribution in [0, 0.1) is 17.3 Å². The van der Waals surface area contributed by atoms with Gasteiger partial charge in [-0.2, -0.15) is 0 Å². The van der Waals surface area contributed by atoms with Gasteiger partial charge in [0.15, 0.2) is 0 Å². The average molecular weight is 223 g/mol. The quantitative estimate of drug-likeness (QED) is 0.773. The second-order valence-corrected chi connectivity index (χ2v) is 6.42. The maximum absolute atomic E-state index is 6.09. The molecule has 0 bridgehead atoms. The Hall–Kier alpha value is -0.0800. The van der Waals surface area contributed by atoms with Crippen LogP contribution in [0.15, 0.2) is 0 Å². The molecule has 3 rings (SSSR count). The molecule has 0 aromatic heterocycles. The molecular weight excluding hydrogens is 198 g/mol. The lowest BCUT2D eigenvalue weighted by Crippen LogP contribution is -2.45. The highest BCUT2D eigenvalue weighted by Crippen LogP contribution is 2.58. The van der Waals surface area contributed by atoms with Crippen LogP contribution in [0.1, 0.15) is 46.0 Å². The van der Waals surface area contributed by atoms with Crippen LogP contribution in [-0.2, 0) is 4.74 Å². The predicted molar refractivity (Wildman–Crippen MR) is 65.4 cm³/mol. The van der Waals surface area contributed by atoms with Crippen LogP contribution in [0.25, 0.3) is 0 Å². The summed E-state index contributed by atoms with van der Waals surface area (Å²) >= 11 is 0. The Labute approximate surface area is 99.1 Å². The van der Waals surface area contributed by atoms with Crippen molar-refractivity contribution in [3.63, 3.8) is 0 Å². The van der Waals surface area contributed by atoms with E-state index in [1.54, 1.807) is 0 Å². The highest BCUT2D eigenvalue weighted by atomic mass is 16.5. The van der Waals surface area contributed by atoms with Crippen LogP contribution >= 0.6 is 0 Å². The Morgan fingerprint density at radius 3 is 2.56 bits per heavy atom. The fourth-order valence-corrected chi connectivity index (χ4v) is 3.51. The molecule has 2 aliphatic carbocycles. The van der Waals surface area contributed by atoms with Gasteiger partial charge in [-0.15, -0.1) is 0 Å². The van der Waals surface area contributed by atoms with Gasteiger partial charge < -0.3 is 10.1 Å². The third kappa shape index (κ3) is 1.91. The summed E-state index contributed by atoms with van der Waals surface area (Å²) in [6.07, 6.45) is 7.63. The highest BCUT2D eigenvalue weighted by Gasteiger charge is 2.57. The molecule has 3 fully saturated rings. The maximum Gasteiger partial charge on any atom is 0.0675 e. The summed E-state index contributed by atoms with van der Waals surface area (Å²) in [5.74, 6) is 1.86. The van der Waals surface area contributed by atoms with Crippen molar-refractivity contribution < 1.29 is 4.74 Å². The smallest absolute Gasteiger partial charge is 0.0675 e. The van der Waals surface area contributed by atoms with Crippen LogP contribution in [0.4, 0.5) is 0 Å². The number of hydrogen-bond donors (Lipinski definition) is 1. The molecule has 0 radical (unpaired) electrons. The fraction of sp³-hybridized carbons (Fsp3) is 1.00. The van der Waals surface area contributed by atoms with Gasteiger partial charge in [0, 0.05) is 24.6 Å². The van der Waals surface area contributed by atoms with E-state index in [9.17, 15) is 0 Å². The van der Waals surface area contributed by atoms with Crippen LogP contribution in [0.5, 0.6) is 0 Å². The maximum atomic E-state index is 6.09. The summed E-state index contributed by atoms with van der Waals surface area (Å²) in [7, 11) is 0. The Kier molecular flexibility index (Phi) is 2.75. The summed E-state index contributed by atoms with van der Waals surface area (Å²) in [6.45, 7) is 6.71. The topological polar surface area (TPSA) is 21.3 Å². The molecule has 0 aromatic rings. The summed E-state index contributed by atoms with van der Waals surface area (Å²) in [5.41, 5.74) is 0.505. The van der Waals surface area contributed by atoms with Crippen molar-refractivity contribution in [3.8, 4) is 0 Å². The number of ether oxygens (including phenoxy) is 1. The van der Waals surface area contributed by atoms with E-state index in [1.165, 1.54) is 38.6 Å². The highest BCUT2D eigenvalue weighted by molar-refractivity contribution is 5.07. The molecule has 2 unspecified atom stereocenters. The summed E-state index contributed by atoms with van der Waals surface area (Å²) in [5, 5.41) is 3.68. The van der Waals surface area contributed by atoms with Gasteiger partial charge in [-0.3, -0.25) is 0 Å². The van der Waals surface area contributed by atoms with Gasteiger partial charge in [0.05, 0.1) is 6.10 Å². The fourth-order valence-electron chi connectivity index (χ4n) is 3.51. The lowest BCUT2D eigenvalue weighted by Gasteiger charge is -2.35. The van der Waals surface area contributed by atoms with Crippen molar-refractivity contribution in [2.24, 2.45) is 17.3 Å². The third-order valence-electron chi connectivity index (χ3n) is 4.71. The zero-order valence-corrected chi connectivity index (χ0v) is 10.7. The van der Waals surface area contributed by atoms with E-state index < -0.39 is 0 Å². The third-order valence-corrected chi connectivity index (χ3v) is 4.71. The van der Waals surface area contributed by atoms with Crippen molar-refractivity contribution in [1.82, 2.24) is 5.32 Å². The summed E-state index contributed by atoms with van der Waals surface area (Å²) in [6, 6.07) is 0.607. The molecular formula is C14H25NO. The van der Waals surface area contributed by atoms with E-state index >= 15 is 0 Å². The molecule has 1 heterocycles. The molecule has 0 aromatic carbocycles. The second-order valence-electron chi connectivity index (χ2n) is 6.42. The zero-order chi connectivity index (χ0) is 11.2. The molecule has 2 saturated carbocycles. The molecule has 3 aliphatic rings. The lowest BCUT2D eigenvalue weighted by atomic mass is 9.74. The standard InChI is InChI=1S/C14H25NO/c1-10(2)15-9-14(12-5-6-12)7-8-16-13(14)11-3-4-11/h10-13,15H,3-9H2,1-2H3. The van der Waals surface area contributed by atoms with Crippen molar-refractivity contribution in [2.75, 3.05) is 13.2 Å². The average Bonchev–Trinajstić information content (AvgIpc) is 3.13. The minimum Gasteiger partial charge on any atom is -0.377 e. The van der Waals surface area contributed by atoms with E-state index in [0.29, 0.717) is 17.6 Å². The van der Waals surface area contributed by atoms with Gasteiger partial charge in [0.2, 0.25) is 0 Å². The van der Waals surface area contributed by atoms with Gasteiger partial charge in [-0.1, -0.05) is 13.8 Å². The summed E-state index contributed by atoms with van der Waals surface area (Å²) in [4.78, 5) is 0. The molecule has 1 aliphatic heterocycles. The first-order chi connectivity index (χ1) is 7.72. The predicted octanol–water partition coefficient (Wildman–Crippen LogP) is 2.58. The van der Waals surface area contributed by atoms with Crippen molar-refractivity contribution in [2.45, 2.75) is 58.1 Å². The first-order valence-corrected chi connectivity index (χ1v) is 7.07. The van der Waals surface area contributed by atoms with Crippen LogP contribution in [-0.4, -0.2) is 25.3 Å². The number of rotatable bonds is 5. The van der Waals surface area contributed by atoms with Crippen molar-refractivity contribution >= 4 is 0 Å². The Balaban J connectivity index is 1.72. The van der Waals surface area contributed by atoms with Crippen molar-refractivity contribution in [3.05, 3.63) is 0 Å². The first-order valence-electron chi connectivity index (χ1n) is 7.07. The molecule has 1 N–H and O–H groups in total. The Morgan fingerprint density at radius 1 is 1.25 bits per heavy atom. The van der Waals surface area contributed by atoms with E-state index in [-0.39, 0.29) is 0 Å². The molecule has 16 heavy (non-hydrogen) atoms. The number of nitrogens with one attached hydrogen (secondary N) is 1. The molecule has 1 saturated heterocycles. The molecule has 92 valence electrons. The zero-order valence-electron chi connectivity index (χ0n) is 10.7. The monoisotopic (exact) mass is 223 g/mol. The van der Waals surface area contributed by atoms with E-state index in [4.69, 9.17) is 4.74 Å². The van der Waals surface area contributed by atoms with Gasteiger partial charge in [0.25, 0.3) is 0 Å². The minimum absolute atomic E-state index is 0.505. The van der Waals surface area contributed by atoms with Crippen LogP contribution in [0.2, 0.25) is 0 Å². The molecule has 2 atom stereocenters. The number of hydrogen-bond acceptors (Lipinski definition) is 2. The van der Waals surface area contributed by atoms with Crippen LogP contribution in [0.3, 0.4) is 0 Å². The van der Waals surface area contributed by atoms with Crippen molar-refractivity contribution in [1.29, 1.82) is 0 Å². The summed E-state index contributed by atoms with van der Waals surface area (Å²) < 4.78 is 6.09. The largest absolute Gasteiger partial charge is 0.377 e. The SMILES string of the molecule is CC(C)NCC1(C2CC2)CCOC1C1CC1. The second kappa shape index (κ2) is 3.99. The van der Waals surface area contributed by atoms with E-state index in [2.05, 4.69) is 19.2 Å². The van der Waals surface area contributed by atoms with Gasteiger partial charge >= 0.3 is 0 Å². The van der Waals surface area contributed by atoms with Crippen LogP contribution < -0.4 is 5.32 Å². The minimum atomic E-state index is 0.505. The van der Waals surface area contributed by atoms with E-state index in [1.807, 2.05) is 0 Å². The van der Waals surface area contributed by atoms with Gasteiger partial charge in [0.1, 0.15) is 0 Å². The molecule has 2 nitrogen and oxygen atoms in total. The molecule has 0 amide bonds. The molecule has 0 spiro atoms. The van der Waals surface area contributed by atoms with Gasteiger partial charge in [-0.25, -0.2) is 0 Å². The first kappa shape index (κ1) is 11.0. The van der Waals surface area contributed by atoms with E-state index in [0.717, 1.165) is 18.4 Å². The Morgan fingerprint density at radius 2 is 2.00 bits per heavy atom.